The van der Waals surface area contributed by atoms with E-state index in [1.165, 1.54) is 18.9 Å². The van der Waals surface area contributed by atoms with Crippen molar-refractivity contribution in [3.05, 3.63) is 59.9 Å². The highest BCUT2D eigenvalue weighted by molar-refractivity contribution is 5.55. The monoisotopic (exact) mass is 338 g/mol. The number of benzene rings is 1. The van der Waals surface area contributed by atoms with Crippen LogP contribution in [-0.2, 0) is 0 Å². The Labute approximate surface area is 147 Å². The molecule has 0 N–H and O–H groups in total. The molecule has 1 aliphatic rings. The molecule has 1 aromatic heterocycles. The van der Waals surface area contributed by atoms with Crippen molar-refractivity contribution < 1.29 is 8.78 Å². The molecule has 4 heteroatoms. The van der Waals surface area contributed by atoms with Crippen molar-refractivity contribution in [1.29, 1.82) is 0 Å². The Hall–Kier alpha value is -2.54. The standard InChI is InChI=1S/C21H20F2N2/c1-2-3-15-4-6-16(7-5-15)8-9-17-13-24-21(25-14-17)18-10-11-19(22)20(23)12-18/h2-3,10-16H,4-7H2,1H3/b3-2+/t15-,16-. The van der Waals surface area contributed by atoms with Gasteiger partial charge in [0.05, 0.1) is 5.56 Å². The Morgan fingerprint density at radius 2 is 1.76 bits per heavy atom. The van der Waals surface area contributed by atoms with Crippen LogP contribution in [0.3, 0.4) is 0 Å². The average Bonchev–Trinajstić information content (AvgIpc) is 2.64. The van der Waals surface area contributed by atoms with Crippen LogP contribution in [-0.4, -0.2) is 9.97 Å². The highest BCUT2D eigenvalue weighted by atomic mass is 19.2. The van der Waals surface area contributed by atoms with Gasteiger partial charge in [-0.25, -0.2) is 18.7 Å². The molecule has 0 atom stereocenters. The zero-order chi connectivity index (χ0) is 17.6. The van der Waals surface area contributed by atoms with Crippen LogP contribution in [0.15, 0.2) is 42.7 Å². The molecule has 1 fully saturated rings. The van der Waals surface area contributed by atoms with Crippen molar-refractivity contribution >= 4 is 0 Å². The summed E-state index contributed by atoms with van der Waals surface area (Å²) in [4.78, 5) is 8.42. The maximum Gasteiger partial charge on any atom is 0.159 e. The maximum absolute atomic E-state index is 13.3. The van der Waals surface area contributed by atoms with Crippen molar-refractivity contribution in [3.63, 3.8) is 0 Å². The van der Waals surface area contributed by atoms with E-state index in [1.54, 1.807) is 12.4 Å². The lowest BCUT2D eigenvalue weighted by molar-refractivity contribution is 0.364. The third kappa shape index (κ3) is 4.51. The van der Waals surface area contributed by atoms with E-state index in [0.717, 1.165) is 30.5 Å². The van der Waals surface area contributed by atoms with E-state index in [2.05, 4.69) is 40.9 Å². The van der Waals surface area contributed by atoms with E-state index < -0.39 is 11.6 Å². The zero-order valence-electron chi connectivity index (χ0n) is 14.2. The molecule has 25 heavy (non-hydrogen) atoms. The molecule has 3 rings (SSSR count). The van der Waals surface area contributed by atoms with Gasteiger partial charge in [0.2, 0.25) is 0 Å². The highest BCUT2D eigenvalue weighted by Gasteiger charge is 2.17. The lowest BCUT2D eigenvalue weighted by Crippen LogP contribution is -2.11. The van der Waals surface area contributed by atoms with Crippen LogP contribution in [0.25, 0.3) is 11.4 Å². The third-order valence-electron chi connectivity index (χ3n) is 4.49. The Kier molecular flexibility index (Phi) is 5.55. The minimum absolute atomic E-state index is 0.358. The summed E-state index contributed by atoms with van der Waals surface area (Å²) < 4.78 is 26.3. The lowest BCUT2D eigenvalue weighted by Gasteiger charge is -2.22. The predicted molar refractivity (Wildman–Crippen MR) is 94.5 cm³/mol. The fourth-order valence-electron chi connectivity index (χ4n) is 3.09. The summed E-state index contributed by atoms with van der Waals surface area (Å²) in [5, 5.41) is 0. The SMILES string of the molecule is C/C=C/[C@H]1CC[C@H](C#Cc2cnc(-c3ccc(F)c(F)c3)nc2)CC1. The van der Waals surface area contributed by atoms with Crippen molar-refractivity contribution in [1.82, 2.24) is 9.97 Å². The van der Waals surface area contributed by atoms with Gasteiger partial charge < -0.3 is 0 Å². The van der Waals surface area contributed by atoms with E-state index in [-0.39, 0.29) is 0 Å². The minimum Gasteiger partial charge on any atom is -0.235 e. The lowest BCUT2D eigenvalue weighted by atomic mass is 9.82. The summed E-state index contributed by atoms with van der Waals surface area (Å²) in [6, 6.07) is 3.63. The summed E-state index contributed by atoms with van der Waals surface area (Å²) in [5.41, 5.74) is 1.18. The third-order valence-corrected chi connectivity index (χ3v) is 4.49. The first-order valence-corrected chi connectivity index (χ1v) is 8.57. The molecule has 0 unspecified atom stereocenters. The van der Waals surface area contributed by atoms with E-state index >= 15 is 0 Å². The summed E-state index contributed by atoms with van der Waals surface area (Å²) in [5.74, 6) is 6.14. The van der Waals surface area contributed by atoms with Crippen molar-refractivity contribution in [2.75, 3.05) is 0 Å². The molecule has 0 saturated heterocycles. The van der Waals surface area contributed by atoms with Crippen LogP contribution in [0.5, 0.6) is 0 Å². The van der Waals surface area contributed by atoms with Gasteiger partial charge in [-0.15, -0.1) is 0 Å². The molecule has 128 valence electrons. The molecule has 2 nitrogen and oxygen atoms in total. The number of hydrogen-bond donors (Lipinski definition) is 0. The second-order valence-corrected chi connectivity index (χ2v) is 6.33. The number of allylic oxidation sites excluding steroid dienone is 2. The van der Waals surface area contributed by atoms with Gasteiger partial charge in [-0.05, 0) is 56.7 Å². The molecular formula is C21H20F2N2. The van der Waals surface area contributed by atoms with E-state index in [9.17, 15) is 8.78 Å². The molecule has 0 aliphatic heterocycles. The molecule has 1 aromatic carbocycles. The van der Waals surface area contributed by atoms with Crippen LogP contribution in [0.4, 0.5) is 8.78 Å². The number of aromatic nitrogens is 2. The Balaban J connectivity index is 1.65. The van der Waals surface area contributed by atoms with Crippen molar-refractivity contribution in [2.45, 2.75) is 32.6 Å². The maximum atomic E-state index is 13.3. The first kappa shape index (κ1) is 17.3. The molecule has 1 saturated carbocycles. The van der Waals surface area contributed by atoms with Gasteiger partial charge in [0.15, 0.2) is 17.5 Å². The fraction of sp³-hybridized carbons (Fsp3) is 0.333. The highest BCUT2D eigenvalue weighted by Crippen LogP contribution is 2.29. The zero-order valence-corrected chi connectivity index (χ0v) is 14.2. The number of rotatable bonds is 2. The minimum atomic E-state index is -0.904. The van der Waals surface area contributed by atoms with Crippen LogP contribution >= 0.6 is 0 Å². The first-order valence-electron chi connectivity index (χ1n) is 8.57. The number of hydrogen-bond acceptors (Lipinski definition) is 2. The van der Waals surface area contributed by atoms with Gasteiger partial charge in [-0.1, -0.05) is 24.0 Å². The Morgan fingerprint density at radius 3 is 2.40 bits per heavy atom. The van der Waals surface area contributed by atoms with Gasteiger partial charge in [-0.2, -0.15) is 0 Å². The smallest absolute Gasteiger partial charge is 0.159 e. The van der Waals surface area contributed by atoms with Crippen LogP contribution in [0.1, 0.15) is 38.2 Å². The summed E-state index contributed by atoms with van der Waals surface area (Å²) in [7, 11) is 0. The van der Waals surface area contributed by atoms with Gasteiger partial charge >= 0.3 is 0 Å². The van der Waals surface area contributed by atoms with E-state index in [4.69, 9.17) is 0 Å². The fourth-order valence-corrected chi connectivity index (χ4v) is 3.09. The molecular weight excluding hydrogens is 318 g/mol. The molecule has 1 aliphatic carbocycles. The molecule has 2 aromatic rings. The van der Waals surface area contributed by atoms with Gasteiger partial charge in [0, 0.05) is 23.9 Å². The van der Waals surface area contributed by atoms with Crippen LogP contribution in [0, 0.1) is 35.3 Å². The first-order chi connectivity index (χ1) is 12.2. The molecule has 0 spiro atoms. The van der Waals surface area contributed by atoms with Crippen molar-refractivity contribution in [3.8, 4) is 23.2 Å². The Morgan fingerprint density at radius 1 is 1.04 bits per heavy atom. The Bertz CT molecular complexity index is 808. The second kappa shape index (κ2) is 8.02. The second-order valence-electron chi connectivity index (χ2n) is 6.33. The molecule has 0 bridgehead atoms. The van der Waals surface area contributed by atoms with E-state index in [1.807, 2.05) is 0 Å². The summed E-state index contributed by atoms with van der Waals surface area (Å²) in [6.07, 6.45) is 12.3. The van der Waals surface area contributed by atoms with Gasteiger partial charge in [0.1, 0.15) is 0 Å². The predicted octanol–water partition coefficient (Wildman–Crippen LogP) is 5.16. The largest absolute Gasteiger partial charge is 0.235 e. The molecule has 0 radical (unpaired) electrons. The van der Waals surface area contributed by atoms with Gasteiger partial charge in [-0.3, -0.25) is 0 Å². The molecule has 1 heterocycles. The van der Waals surface area contributed by atoms with Gasteiger partial charge in [0.25, 0.3) is 0 Å². The quantitative estimate of drug-likeness (QED) is 0.558. The average molecular weight is 338 g/mol. The van der Waals surface area contributed by atoms with Crippen molar-refractivity contribution in [2.24, 2.45) is 11.8 Å². The normalized spacial score (nSPS) is 20.3. The molecule has 0 amide bonds. The van der Waals surface area contributed by atoms with Crippen LogP contribution < -0.4 is 0 Å². The van der Waals surface area contributed by atoms with Crippen LogP contribution in [0.2, 0.25) is 0 Å². The number of halogens is 2. The summed E-state index contributed by atoms with van der Waals surface area (Å²) in [6.45, 7) is 2.07. The number of nitrogens with zero attached hydrogens (tertiary/aromatic N) is 2. The van der Waals surface area contributed by atoms with E-state index in [0.29, 0.717) is 23.2 Å². The summed E-state index contributed by atoms with van der Waals surface area (Å²) >= 11 is 0. The topological polar surface area (TPSA) is 25.8 Å².